The van der Waals surface area contributed by atoms with Crippen molar-refractivity contribution >= 4 is 10.1 Å². The lowest BCUT2D eigenvalue weighted by Crippen LogP contribution is -2.37. The SMILES string of the molecule is CCOS(=O)(=O)CCOCC1CCCCN1. The summed E-state index contributed by atoms with van der Waals surface area (Å²) in [6, 6.07) is 0.378. The van der Waals surface area contributed by atoms with Crippen molar-refractivity contribution in [1.29, 1.82) is 0 Å². The van der Waals surface area contributed by atoms with Gasteiger partial charge in [0, 0.05) is 6.04 Å². The Bertz CT molecular complexity index is 273. The van der Waals surface area contributed by atoms with Gasteiger partial charge in [-0.1, -0.05) is 6.42 Å². The first kappa shape index (κ1) is 13.9. The molecule has 5 nitrogen and oxygen atoms in total. The standard InChI is InChI=1S/C10H21NO4S/c1-2-15-16(12,13)8-7-14-9-10-5-3-4-6-11-10/h10-11H,2-9H2,1H3. The molecule has 96 valence electrons. The molecule has 1 rings (SSSR count). The van der Waals surface area contributed by atoms with Gasteiger partial charge in [-0.15, -0.1) is 0 Å². The van der Waals surface area contributed by atoms with E-state index in [0.29, 0.717) is 12.6 Å². The Morgan fingerprint density at radius 2 is 2.19 bits per heavy atom. The van der Waals surface area contributed by atoms with E-state index in [1.807, 2.05) is 0 Å². The fourth-order valence-electron chi connectivity index (χ4n) is 1.69. The maximum atomic E-state index is 11.2. The molecule has 0 saturated carbocycles. The smallest absolute Gasteiger partial charge is 0.269 e. The molecule has 1 N–H and O–H groups in total. The quantitative estimate of drug-likeness (QED) is 0.527. The second-order valence-corrected chi connectivity index (χ2v) is 5.65. The van der Waals surface area contributed by atoms with Crippen molar-refractivity contribution in [1.82, 2.24) is 5.32 Å². The minimum absolute atomic E-state index is 0.0619. The molecule has 0 amide bonds. The molecule has 0 radical (unpaired) electrons. The van der Waals surface area contributed by atoms with Crippen LogP contribution < -0.4 is 5.32 Å². The molecule has 0 aromatic heterocycles. The number of ether oxygens (including phenoxy) is 1. The molecule has 0 aliphatic carbocycles. The van der Waals surface area contributed by atoms with Gasteiger partial charge in [0.2, 0.25) is 0 Å². The van der Waals surface area contributed by atoms with Crippen LogP contribution in [0, 0.1) is 0 Å². The van der Waals surface area contributed by atoms with Crippen LogP contribution >= 0.6 is 0 Å². The van der Waals surface area contributed by atoms with Gasteiger partial charge in [-0.05, 0) is 26.3 Å². The van der Waals surface area contributed by atoms with E-state index < -0.39 is 10.1 Å². The lowest BCUT2D eigenvalue weighted by Gasteiger charge is -2.23. The molecule has 1 aliphatic heterocycles. The maximum absolute atomic E-state index is 11.2. The van der Waals surface area contributed by atoms with Crippen molar-refractivity contribution in [2.45, 2.75) is 32.2 Å². The van der Waals surface area contributed by atoms with Crippen molar-refractivity contribution in [3.05, 3.63) is 0 Å². The summed E-state index contributed by atoms with van der Waals surface area (Å²) in [4.78, 5) is 0. The van der Waals surface area contributed by atoms with Crippen LogP contribution in [0.15, 0.2) is 0 Å². The molecule has 1 unspecified atom stereocenters. The normalized spacial score (nSPS) is 22.2. The second kappa shape index (κ2) is 7.21. The summed E-state index contributed by atoms with van der Waals surface area (Å²) in [5, 5.41) is 3.34. The second-order valence-electron chi connectivity index (χ2n) is 3.89. The summed E-state index contributed by atoms with van der Waals surface area (Å²) < 4.78 is 32.3. The molecule has 6 heteroatoms. The zero-order valence-corrected chi connectivity index (χ0v) is 10.6. The topological polar surface area (TPSA) is 64.6 Å². The molecule has 1 heterocycles. The highest BCUT2D eigenvalue weighted by molar-refractivity contribution is 7.86. The van der Waals surface area contributed by atoms with Gasteiger partial charge < -0.3 is 10.1 Å². The van der Waals surface area contributed by atoms with Crippen LogP contribution in [0.2, 0.25) is 0 Å². The number of hydrogen-bond donors (Lipinski definition) is 1. The zero-order valence-electron chi connectivity index (χ0n) is 9.78. The van der Waals surface area contributed by atoms with Crippen LogP contribution in [0.5, 0.6) is 0 Å². The fraction of sp³-hybridized carbons (Fsp3) is 1.00. The number of piperidine rings is 1. The van der Waals surface area contributed by atoms with Crippen LogP contribution in [0.25, 0.3) is 0 Å². The van der Waals surface area contributed by atoms with E-state index in [9.17, 15) is 8.42 Å². The maximum Gasteiger partial charge on any atom is 0.269 e. The minimum atomic E-state index is -3.38. The number of hydrogen-bond acceptors (Lipinski definition) is 5. The summed E-state index contributed by atoms with van der Waals surface area (Å²) in [6.07, 6.45) is 3.55. The first-order chi connectivity index (χ1) is 7.64. The molecule has 1 aliphatic rings. The molecule has 16 heavy (non-hydrogen) atoms. The Hall–Kier alpha value is -0.170. The highest BCUT2D eigenvalue weighted by Gasteiger charge is 2.14. The summed E-state index contributed by atoms with van der Waals surface area (Å²) in [5.74, 6) is -0.0619. The van der Waals surface area contributed by atoms with Gasteiger partial charge in [-0.3, -0.25) is 4.18 Å². The average Bonchev–Trinajstić information content (AvgIpc) is 2.26. The minimum Gasteiger partial charge on any atom is -0.379 e. The molecule has 0 bridgehead atoms. The molecule has 0 aromatic carbocycles. The first-order valence-corrected chi connectivity index (χ1v) is 7.40. The van der Waals surface area contributed by atoms with Gasteiger partial charge in [0.25, 0.3) is 10.1 Å². The van der Waals surface area contributed by atoms with E-state index in [0.717, 1.165) is 13.0 Å². The van der Waals surface area contributed by atoms with Crippen LogP contribution in [-0.4, -0.2) is 46.6 Å². The van der Waals surface area contributed by atoms with Crippen LogP contribution in [0.3, 0.4) is 0 Å². The molecular formula is C10H21NO4S. The Morgan fingerprint density at radius 1 is 1.38 bits per heavy atom. The lowest BCUT2D eigenvalue weighted by molar-refractivity contribution is 0.114. The van der Waals surface area contributed by atoms with E-state index in [2.05, 4.69) is 9.50 Å². The van der Waals surface area contributed by atoms with Gasteiger partial charge in [0.1, 0.15) is 0 Å². The number of rotatable bonds is 7. The van der Waals surface area contributed by atoms with Gasteiger partial charge in [0.15, 0.2) is 0 Å². The molecule has 1 fully saturated rings. The van der Waals surface area contributed by atoms with Crippen LogP contribution in [0.1, 0.15) is 26.2 Å². The summed E-state index contributed by atoms with van der Waals surface area (Å²) in [5.41, 5.74) is 0. The van der Waals surface area contributed by atoms with E-state index in [1.165, 1.54) is 12.8 Å². The average molecular weight is 251 g/mol. The number of nitrogens with one attached hydrogen (secondary N) is 1. The van der Waals surface area contributed by atoms with Gasteiger partial charge in [-0.25, -0.2) is 0 Å². The summed E-state index contributed by atoms with van der Waals surface area (Å²) >= 11 is 0. The highest BCUT2D eigenvalue weighted by atomic mass is 32.2. The Labute approximate surface area is 97.6 Å². The Kier molecular flexibility index (Phi) is 6.26. The Balaban J connectivity index is 2.06. The van der Waals surface area contributed by atoms with E-state index in [-0.39, 0.29) is 19.0 Å². The molecule has 1 saturated heterocycles. The van der Waals surface area contributed by atoms with E-state index in [4.69, 9.17) is 4.74 Å². The lowest BCUT2D eigenvalue weighted by atomic mass is 10.1. The van der Waals surface area contributed by atoms with Gasteiger partial charge in [-0.2, -0.15) is 8.42 Å². The largest absolute Gasteiger partial charge is 0.379 e. The van der Waals surface area contributed by atoms with Crippen molar-refractivity contribution in [3.8, 4) is 0 Å². The summed E-state index contributed by atoms with van der Waals surface area (Å²) in [6.45, 7) is 3.67. The first-order valence-electron chi connectivity index (χ1n) is 5.82. The highest BCUT2D eigenvalue weighted by Crippen LogP contribution is 2.07. The van der Waals surface area contributed by atoms with Gasteiger partial charge >= 0.3 is 0 Å². The van der Waals surface area contributed by atoms with E-state index >= 15 is 0 Å². The molecule has 0 spiro atoms. The van der Waals surface area contributed by atoms with Crippen molar-refractivity contribution < 1.29 is 17.3 Å². The Morgan fingerprint density at radius 3 is 2.81 bits per heavy atom. The fourth-order valence-corrected chi connectivity index (χ4v) is 2.49. The van der Waals surface area contributed by atoms with Crippen molar-refractivity contribution in [3.63, 3.8) is 0 Å². The van der Waals surface area contributed by atoms with Crippen LogP contribution in [0.4, 0.5) is 0 Å². The van der Waals surface area contributed by atoms with Gasteiger partial charge in [0.05, 0.1) is 25.6 Å². The van der Waals surface area contributed by atoms with Crippen LogP contribution in [-0.2, 0) is 19.0 Å². The van der Waals surface area contributed by atoms with Crippen molar-refractivity contribution in [2.75, 3.05) is 32.1 Å². The third-order valence-electron chi connectivity index (χ3n) is 2.51. The third kappa shape index (κ3) is 5.79. The third-order valence-corrected chi connectivity index (χ3v) is 3.77. The summed E-state index contributed by atoms with van der Waals surface area (Å²) in [7, 11) is -3.38. The zero-order chi connectivity index (χ0) is 11.9. The monoisotopic (exact) mass is 251 g/mol. The predicted octanol–water partition coefficient (Wildman–Crippen LogP) is 0.511. The predicted molar refractivity (Wildman–Crippen MR) is 61.9 cm³/mol. The molecule has 1 atom stereocenters. The molecular weight excluding hydrogens is 230 g/mol. The van der Waals surface area contributed by atoms with Crippen molar-refractivity contribution in [2.24, 2.45) is 0 Å². The molecule has 0 aromatic rings. The van der Waals surface area contributed by atoms with E-state index in [1.54, 1.807) is 6.92 Å².